The van der Waals surface area contributed by atoms with Gasteiger partial charge in [-0.3, -0.25) is 9.89 Å². The number of aromatic amines is 1. The summed E-state index contributed by atoms with van der Waals surface area (Å²) >= 11 is 0. The molecule has 5 aromatic rings. The Labute approximate surface area is 197 Å². The van der Waals surface area contributed by atoms with Crippen LogP contribution in [0.3, 0.4) is 0 Å². The summed E-state index contributed by atoms with van der Waals surface area (Å²) in [6.45, 7) is 9.21. The Morgan fingerprint density at radius 3 is 2.71 bits per heavy atom. The molecule has 3 N–H and O–H groups in total. The quantitative estimate of drug-likeness (QED) is 0.252. The number of nitrogens with zero attached hydrogens (tertiary/aromatic N) is 8. The van der Waals surface area contributed by atoms with Gasteiger partial charge in [-0.25, -0.2) is 14.8 Å². The van der Waals surface area contributed by atoms with E-state index in [4.69, 9.17) is 6.57 Å². The minimum Gasteiger partial charge on any atom is -0.505 e. The van der Waals surface area contributed by atoms with Crippen LogP contribution in [-0.4, -0.2) is 41.0 Å². The zero-order chi connectivity index (χ0) is 24.4. The minimum absolute atomic E-state index is 0.00444. The Hall–Kier alpha value is -5.44. The number of phenols is 1. The summed E-state index contributed by atoms with van der Waals surface area (Å²) in [5.74, 6) is -0.256. The highest BCUT2D eigenvalue weighted by Crippen LogP contribution is 2.40. The first-order valence-corrected chi connectivity index (χ1v) is 10.3. The summed E-state index contributed by atoms with van der Waals surface area (Å²) < 4.78 is 1.27. The van der Waals surface area contributed by atoms with Crippen LogP contribution in [0.1, 0.15) is 16.1 Å². The average Bonchev–Trinajstić information content (AvgIpc) is 3.48. The molecule has 0 atom stereocenters. The standard InChI is InChI=1S/C23H16N10O2/c1-13-10-18(30-29-13)28-22(35)16-11-14-6-3-4-7-15(14)19(20(16)34)31-32-21-17(24-2)12-27-33(21)23-25-8-5-9-26-23/h3-12,34H,1H3,(H2,28,29,30,35)/b32-31+. The number of anilines is 1. The molecule has 35 heavy (non-hydrogen) atoms. The zero-order valence-corrected chi connectivity index (χ0v) is 18.2. The first-order chi connectivity index (χ1) is 17.0. The van der Waals surface area contributed by atoms with Gasteiger partial charge in [0, 0.05) is 23.8 Å². The number of rotatable bonds is 5. The van der Waals surface area contributed by atoms with Gasteiger partial charge in [0.25, 0.3) is 17.5 Å². The molecule has 2 aromatic carbocycles. The summed E-state index contributed by atoms with van der Waals surface area (Å²) in [4.78, 5) is 24.6. The van der Waals surface area contributed by atoms with Gasteiger partial charge in [0.05, 0.1) is 24.0 Å². The SMILES string of the molecule is [C-]#[N+]c1cnn(-c2ncccn2)c1/N=N/c1c(O)c(C(=O)Nc2cc(C)n[nH]2)cc2ccccc12. The lowest BCUT2D eigenvalue weighted by molar-refractivity contribution is 0.102. The van der Waals surface area contributed by atoms with Crippen LogP contribution in [0.15, 0.2) is 71.3 Å². The third-order valence-electron chi connectivity index (χ3n) is 5.03. The van der Waals surface area contributed by atoms with Gasteiger partial charge in [-0.1, -0.05) is 24.3 Å². The van der Waals surface area contributed by atoms with Crippen molar-refractivity contribution in [3.63, 3.8) is 0 Å². The summed E-state index contributed by atoms with van der Waals surface area (Å²) in [5, 5.41) is 34.2. The van der Waals surface area contributed by atoms with E-state index < -0.39 is 5.91 Å². The van der Waals surface area contributed by atoms with E-state index >= 15 is 0 Å². The Kier molecular flexibility index (Phi) is 5.40. The zero-order valence-electron chi connectivity index (χ0n) is 18.2. The third kappa shape index (κ3) is 4.05. The van der Waals surface area contributed by atoms with Gasteiger partial charge < -0.3 is 10.4 Å². The lowest BCUT2D eigenvalue weighted by Crippen LogP contribution is -2.12. The number of phenolic OH excluding ortho intramolecular Hbond substituents is 1. The van der Waals surface area contributed by atoms with Crippen molar-refractivity contribution in [2.45, 2.75) is 6.92 Å². The molecule has 3 heterocycles. The van der Waals surface area contributed by atoms with E-state index in [1.165, 1.54) is 23.3 Å². The van der Waals surface area contributed by atoms with Crippen LogP contribution in [0.4, 0.5) is 23.0 Å². The molecule has 0 fully saturated rings. The maximum atomic E-state index is 13.0. The van der Waals surface area contributed by atoms with Crippen LogP contribution >= 0.6 is 0 Å². The Bertz CT molecular complexity index is 1630. The van der Waals surface area contributed by atoms with Gasteiger partial charge in [0.15, 0.2) is 11.6 Å². The molecule has 0 saturated heterocycles. The second-order valence-corrected chi connectivity index (χ2v) is 7.35. The Balaban J connectivity index is 1.61. The van der Waals surface area contributed by atoms with Gasteiger partial charge in [-0.05, 0) is 24.4 Å². The molecule has 0 unspecified atom stereocenters. The number of aromatic hydroxyl groups is 1. The molecule has 12 heteroatoms. The van der Waals surface area contributed by atoms with Crippen molar-refractivity contribution in [3.8, 4) is 11.7 Å². The van der Waals surface area contributed by atoms with Crippen molar-refractivity contribution >= 4 is 39.7 Å². The molecule has 0 saturated carbocycles. The van der Waals surface area contributed by atoms with E-state index in [-0.39, 0.29) is 34.5 Å². The lowest BCUT2D eigenvalue weighted by Gasteiger charge is -2.10. The number of H-pyrrole nitrogens is 1. The van der Waals surface area contributed by atoms with Crippen molar-refractivity contribution < 1.29 is 9.90 Å². The predicted octanol–water partition coefficient (Wildman–Crippen LogP) is 4.77. The monoisotopic (exact) mass is 464 g/mol. The predicted molar refractivity (Wildman–Crippen MR) is 126 cm³/mol. The highest BCUT2D eigenvalue weighted by molar-refractivity contribution is 6.11. The number of hydrogen-bond acceptors (Lipinski definition) is 8. The molecule has 1 amide bonds. The van der Waals surface area contributed by atoms with Crippen molar-refractivity contribution in [2.24, 2.45) is 10.2 Å². The lowest BCUT2D eigenvalue weighted by atomic mass is 10.0. The van der Waals surface area contributed by atoms with Gasteiger partial charge in [0.1, 0.15) is 11.5 Å². The number of amides is 1. The fourth-order valence-electron chi connectivity index (χ4n) is 3.42. The summed E-state index contributed by atoms with van der Waals surface area (Å²) in [6.07, 6.45) is 4.39. The van der Waals surface area contributed by atoms with E-state index in [1.807, 2.05) is 0 Å². The van der Waals surface area contributed by atoms with Crippen LogP contribution in [0.5, 0.6) is 5.75 Å². The molecule has 0 radical (unpaired) electrons. The number of carbonyl (C=O) groups is 1. The van der Waals surface area contributed by atoms with Crippen molar-refractivity contribution in [3.05, 3.63) is 83.7 Å². The Morgan fingerprint density at radius 1 is 1.17 bits per heavy atom. The number of fused-ring (bicyclic) bond motifs is 1. The van der Waals surface area contributed by atoms with Gasteiger partial charge in [-0.15, -0.1) is 10.2 Å². The molecule has 0 spiro atoms. The van der Waals surface area contributed by atoms with Gasteiger partial charge >= 0.3 is 0 Å². The molecule has 0 aliphatic rings. The fraction of sp³-hybridized carbons (Fsp3) is 0.0435. The number of azo groups is 1. The molecule has 5 rings (SSSR count). The molecule has 170 valence electrons. The van der Waals surface area contributed by atoms with E-state index in [2.05, 4.69) is 45.7 Å². The molecular formula is C23H16N10O2. The van der Waals surface area contributed by atoms with E-state index in [0.29, 0.717) is 22.3 Å². The molecule has 0 aliphatic carbocycles. The van der Waals surface area contributed by atoms with Crippen LogP contribution in [0.2, 0.25) is 0 Å². The first kappa shape index (κ1) is 21.4. The van der Waals surface area contributed by atoms with Crippen molar-refractivity contribution in [1.82, 2.24) is 29.9 Å². The molecule has 3 aromatic heterocycles. The third-order valence-corrected chi connectivity index (χ3v) is 5.03. The van der Waals surface area contributed by atoms with Crippen LogP contribution in [0, 0.1) is 13.5 Å². The van der Waals surface area contributed by atoms with Crippen LogP contribution in [-0.2, 0) is 0 Å². The normalized spacial score (nSPS) is 11.1. The van der Waals surface area contributed by atoms with Gasteiger partial charge in [-0.2, -0.15) is 14.9 Å². The van der Waals surface area contributed by atoms with Gasteiger partial charge in [0.2, 0.25) is 0 Å². The molecular weight excluding hydrogens is 448 g/mol. The van der Waals surface area contributed by atoms with Crippen LogP contribution in [0.25, 0.3) is 21.6 Å². The number of hydrogen-bond donors (Lipinski definition) is 3. The summed E-state index contributed by atoms with van der Waals surface area (Å²) in [6, 6.07) is 12.0. The average molecular weight is 464 g/mol. The van der Waals surface area contributed by atoms with E-state index in [9.17, 15) is 9.90 Å². The highest BCUT2D eigenvalue weighted by atomic mass is 16.3. The van der Waals surface area contributed by atoms with Crippen LogP contribution < -0.4 is 5.32 Å². The number of nitrogens with one attached hydrogen (secondary N) is 2. The number of aryl methyl sites for hydroxylation is 1. The summed E-state index contributed by atoms with van der Waals surface area (Å²) in [5.41, 5.74) is 0.877. The molecule has 0 bridgehead atoms. The second kappa shape index (κ2) is 8.83. The largest absolute Gasteiger partial charge is 0.505 e. The summed E-state index contributed by atoms with van der Waals surface area (Å²) in [7, 11) is 0. The number of aromatic nitrogens is 6. The number of carbonyl (C=O) groups excluding carboxylic acids is 1. The Morgan fingerprint density at radius 2 is 1.97 bits per heavy atom. The maximum absolute atomic E-state index is 13.0. The topological polar surface area (TPSA) is 151 Å². The van der Waals surface area contributed by atoms with E-state index in [0.717, 1.165) is 0 Å². The maximum Gasteiger partial charge on any atom is 0.260 e. The first-order valence-electron chi connectivity index (χ1n) is 10.3. The minimum atomic E-state index is -0.557. The highest BCUT2D eigenvalue weighted by Gasteiger charge is 2.20. The second-order valence-electron chi connectivity index (χ2n) is 7.35. The van der Waals surface area contributed by atoms with Crippen molar-refractivity contribution in [1.29, 1.82) is 0 Å². The molecule has 12 nitrogen and oxygen atoms in total. The van der Waals surface area contributed by atoms with E-state index in [1.54, 1.807) is 49.4 Å². The molecule has 0 aliphatic heterocycles. The number of benzene rings is 2. The fourth-order valence-corrected chi connectivity index (χ4v) is 3.42. The van der Waals surface area contributed by atoms with Crippen molar-refractivity contribution in [2.75, 3.05) is 5.32 Å². The smallest absolute Gasteiger partial charge is 0.260 e.